The van der Waals surface area contributed by atoms with E-state index in [1.54, 1.807) is 10.3 Å². The quantitative estimate of drug-likeness (QED) is 0.609. The van der Waals surface area contributed by atoms with Gasteiger partial charge in [-0.3, -0.25) is 9.59 Å². The van der Waals surface area contributed by atoms with Gasteiger partial charge in [0.1, 0.15) is 6.04 Å². The molecule has 0 fully saturated rings. The molecule has 158 valence electrons. The number of hydrogen-bond acceptors (Lipinski definition) is 6. The Bertz CT molecular complexity index is 1000. The number of aryl methyl sites for hydroxylation is 2. The van der Waals surface area contributed by atoms with Gasteiger partial charge in [0.2, 0.25) is 5.91 Å². The van der Waals surface area contributed by atoms with Gasteiger partial charge in [-0.05, 0) is 68.7 Å². The number of rotatable bonds is 6. The van der Waals surface area contributed by atoms with Crippen LogP contribution in [0.15, 0.2) is 41.1 Å². The molecule has 6 nitrogen and oxygen atoms in total. The van der Waals surface area contributed by atoms with E-state index < -0.39 is 11.6 Å². The molecule has 8 heteroatoms. The number of hydrogen-bond donors (Lipinski definition) is 1. The minimum absolute atomic E-state index is 0.211. The molecule has 1 unspecified atom stereocenters. The predicted octanol–water partition coefficient (Wildman–Crippen LogP) is 4.51. The van der Waals surface area contributed by atoms with Gasteiger partial charge in [-0.25, -0.2) is 0 Å². The minimum Gasteiger partial charge on any atom is -0.349 e. The van der Waals surface area contributed by atoms with E-state index in [4.69, 9.17) is 0 Å². The van der Waals surface area contributed by atoms with Gasteiger partial charge in [-0.1, -0.05) is 34.3 Å². The molecular weight excluding hydrogens is 416 g/mol. The van der Waals surface area contributed by atoms with Crippen molar-refractivity contribution in [3.63, 3.8) is 0 Å². The topological polar surface area (TPSA) is 75.2 Å². The van der Waals surface area contributed by atoms with Crippen LogP contribution in [0.4, 0.5) is 0 Å². The molecule has 0 spiro atoms. The molecule has 0 aliphatic heterocycles. The standard InChI is InChI=1S/C22H26N4O2S2/c1-14-6-8-16(9-7-14)12-26(21(28)17-13-30-25-24-17)18(19-15(2)10-11-29-19)20(27)23-22(3,4)5/h6-11,13,18H,12H2,1-5H3,(H,23,27). The van der Waals surface area contributed by atoms with E-state index >= 15 is 0 Å². The largest absolute Gasteiger partial charge is 0.349 e. The second-order valence-electron chi connectivity index (χ2n) is 8.32. The summed E-state index contributed by atoms with van der Waals surface area (Å²) >= 11 is 2.60. The summed E-state index contributed by atoms with van der Waals surface area (Å²) < 4.78 is 3.83. The summed E-state index contributed by atoms with van der Waals surface area (Å²) in [7, 11) is 0. The van der Waals surface area contributed by atoms with Gasteiger partial charge in [-0.15, -0.1) is 16.4 Å². The third-order valence-electron chi connectivity index (χ3n) is 4.52. The van der Waals surface area contributed by atoms with Gasteiger partial charge in [0.15, 0.2) is 5.69 Å². The third kappa shape index (κ3) is 5.31. The molecule has 2 aromatic heterocycles. The van der Waals surface area contributed by atoms with Crippen LogP contribution in [0.1, 0.15) is 58.9 Å². The molecule has 3 rings (SSSR count). The van der Waals surface area contributed by atoms with Crippen molar-refractivity contribution >= 4 is 34.7 Å². The molecule has 0 radical (unpaired) electrons. The van der Waals surface area contributed by atoms with Crippen molar-refractivity contribution in [1.82, 2.24) is 19.8 Å². The van der Waals surface area contributed by atoms with E-state index in [0.29, 0.717) is 0 Å². The average molecular weight is 443 g/mol. The highest BCUT2D eigenvalue weighted by atomic mass is 32.1. The molecule has 1 atom stereocenters. The van der Waals surface area contributed by atoms with Crippen LogP contribution in [0, 0.1) is 13.8 Å². The number of amides is 2. The molecule has 2 amide bonds. The van der Waals surface area contributed by atoms with Crippen molar-refractivity contribution < 1.29 is 9.59 Å². The molecule has 3 aromatic rings. The van der Waals surface area contributed by atoms with E-state index in [2.05, 4.69) is 14.9 Å². The molecule has 0 saturated heterocycles. The maximum Gasteiger partial charge on any atom is 0.276 e. The Morgan fingerprint density at radius 2 is 1.83 bits per heavy atom. The summed E-state index contributed by atoms with van der Waals surface area (Å²) in [4.78, 5) is 29.3. The van der Waals surface area contributed by atoms with Gasteiger partial charge in [0.05, 0.1) is 0 Å². The summed E-state index contributed by atoms with van der Waals surface area (Å²) in [6.45, 7) is 10.1. The predicted molar refractivity (Wildman–Crippen MR) is 121 cm³/mol. The van der Waals surface area contributed by atoms with Crippen LogP contribution >= 0.6 is 22.9 Å². The third-order valence-corrected chi connectivity index (χ3v) is 6.10. The van der Waals surface area contributed by atoms with Crippen LogP contribution in [0.3, 0.4) is 0 Å². The maximum absolute atomic E-state index is 13.4. The first kappa shape index (κ1) is 22.1. The van der Waals surface area contributed by atoms with E-state index in [0.717, 1.165) is 33.1 Å². The van der Waals surface area contributed by atoms with Crippen LogP contribution in [0.25, 0.3) is 0 Å². The lowest BCUT2D eigenvalue weighted by molar-refractivity contribution is -0.127. The van der Waals surface area contributed by atoms with Gasteiger partial charge in [-0.2, -0.15) is 0 Å². The number of nitrogens with one attached hydrogen (secondary N) is 1. The van der Waals surface area contributed by atoms with Crippen LogP contribution < -0.4 is 5.32 Å². The number of carbonyl (C=O) groups is 2. The van der Waals surface area contributed by atoms with Crippen LogP contribution in [-0.4, -0.2) is 31.8 Å². The van der Waals surface area contributed by atoms with Crippen molar-refractivity contribution in [2.75, 3.05) is 0 Å². The summed E-state index contributed by atoms with van der Waals surface area (Å²) in [6, 6.07) is 9.17. The Balaban J connectivity index is 2.07. The molecular formula is C22H26N4O2S2. The molecule has 0 aliphatic carbocycles. The molecule has 30 heavy (non-hydrogen) atoms. The molecule has 0 bridgehead atoms. The number of aromatic nitrogens is 2. The summed E-state index contributed by atoms with van der Waals surface area (Å²) in [6.07, 6.45) is 0. The van der Waals surface area contributed by atoms with Crippen molar-refractivity contribution in [1.29, 1.82) is 0 Å². The molecule has 0 aliphatic rings. The molecule has 1 aromatic carbocycles. The SMILES string of the molecule is Cc1ccc(CN(C(=O)c2csnn2)C(C(=O)NC(C)(C)C)c2sccc2C)cc1. The highest BCUT2D eigenvalue weighted by molar-refractivity contribution is 7.10. The second-order valence-corrected chi connectivity index (χ2v) is 9.88. The Kier molecular flexibility index (Phi) is 6.67. The molecule has 1 N–H and O–H groups in total. The second kappa shape index (κ2) is 9.06. The van der Waals surface area contributed by atoms with Gasteiger partial charge < -0.3 is 10.2 Å². The normalized spacial score (nSPS) is 12.4. The zero-order valence-corrected chi connectivity index (χ0v) is 19.4. The lowest BCUT2D eigenvalue weighted by Crippen LogP contribution is -2.49. The van der Waals surface area contributed by atoms with Gasteiger partial charge >= 0.3 is 0 Å². The Labute approximate surface area is 185 Å². The van der Waals surface area contributed by atoms with Crippen molar-refractivity contribution in [3.8, 4) is 0 Å². The van der Waals surface area contributed by atoms with Crippen LogP contribution in [0.2, 0.25) is 0 Å². The zero-order chi connectivity index (χ0) is 21.9. The Morgan fingerprint density at radius 3 is 2.37 bits per heavy atom. The zero-order valence-electron chi connectivity index (χ0n) is 17.8. The number of carbonyl (C=O) groups excluding carboxylic acids is 2. The number of nitrogens with zero attached hydrogens (tertiary/aromatic N) is 3. The van der Waals surface area contributed by atoms with Crippen LogP contribution in [-0.2, 0) is 11.3 Å². The fourth-order valence-electron chi connectivity index (χ4n) is 3.08. The summed E-state index contributed by atoms with van der Waals surface area (Å²) in [5, 5.41) is 10.6. The first-order chi connectivity index (χ1) is 14.2. The molecule has 2 heterocycles. The first-order valence-electron chi connectivity index (χ1n) is 9.65. The highest BCUT2D eigenvalue weighted by Crippen LogP contribution is 2.32. The number of benzene rings is 1. The molecule has 0 saturated carbocycles. The van der Waals surface area contributed by atoms with Crippen molar-refractivity contribution in [2.24, 2.45) is 0 Å². The van der Waals surface area contributed by atoms with Gasteiger partial charge in [0.25, 0.3) is 5.91 Å². The van der Waals surface area contributed by atoms with E-state index in [9.17, 15) is 9.59 Å². The smallest absolute Gasteiger partial charge is 0.276 e. The average Bonchev–Trinajstić information content (AvgIpc) is 3.33. The maximum atomic E-state index is 13.4. The highest BCUT2D eigenvalue weighted by Gasteiger charge is 2.36. The summed E-state index contributed by atoms with van der Waals surface area (Å²) in [5.41, 5.74) is 2.87. The van der Waals surface area contributed by atoms with Gasteiger partial charge in [0, 0.05) is 22.3 Å². The minimum atomic E-state index is -0.764. The lowest BCUT2D eigenvalue weighted by Gasteiger charge is -2.33. The van der Waals surface area contributed by atoms with Crippen LogP contribution in [0.5, 0.6) is 0 Å². The first-order valence-corrected chi connectivity index (χ1v) is 11.4. The lowest BCUT2D eigenvalue weighted by atomic mass is 10.0. The van der Waals surface area contributed by atoms with E-state index in [-0.39, 0.29) is 24.1 Å². The number of thiophene rings is 1. The fraction of sp³-hybridized carbons (Fsp3) is 0.364. The fourth-order valence-corrected chi connectivity index (χ4v) is 4.55. The Morgan fingerprint density at radius 1 is 1.13 bits per heavy atom. The summed E-state index contributed by atoms with van der Waals surface area (Å²) in [5.74, 6) is -0.525. The van der Waals surface area contributed by atoms with E-state index in [1.165, 1.54) is 11.3 Å². The Hall–Kier alpha value is -2.58. The van der Waals surface area contributed by atoms with E-state index in [1.807, 2.05) is 70.3 Å². The van der Waals surface area contributed by atoms with Crippen molar-refractivity contribution in [3.05, 3.63) is 68.4 Å². The van der Waals surface area contributed by atoms with Crippen molar-refractivity contribution in [2.45, 2.75) is 52.7 Å². The monoisotopic (exact) mass is 442 g/mol.